The molecule has 85 valence electrons. The Bertz CT molecular complexity index is 522. The molecular weight excluding hydrogens is 279 g/mol. The summed E-state index contributed by atoms with van der Waals surface area (Å²) in [6.07, 6.45) is 0.758. The zero-order chi connectivity index (χ0) is 12.6. The molecule has 0 saturated carbocycles. The highest BCUT2D eigenvalue weighted by molar-refractivity contribution is 9.10. The summed E-state index contributed by atoms with van der Waals surface area (Å²) in [6.45, 7) is 4.93. The van der Waals surface area contributed by atoms with Crippen LogP contribution in [0.4, 0.5) is 5.69 Å². The van der Waals surface area contributed by atoms with Crippen LogP contribution in [0.2, 0.25) is 0 Å². The van der Waals surface area contributed by atoms with Gasteiger partial charge in [-0.1, -0.05) is 29.8 Å². The van der Waals surface area contributed by atoms with Gasteiger partial charge in [-0.3, -0.25) is 0 Å². The second kappa shape index (κ2) is 4.19. The van der Waals surface area contributed by atoms with E-state index >= 15 is 0 Å². The van der Waals surface area contributed by atoms with Gasteiger partial charge >= 0.3 is 7.41 Å². The first-order valence-corrected chi connectivity index (χ1v) is 6.08. The van der Waals surface area contributed by atoms with Crippen molar-refractivity contribution in [1.29, 1.82) is 5.26 Å². The van der Waals surface area contributed by atoms with E-state index in [0.717, 1.165) is 21.9 Å². The second-order valence-corrected chi connectivity index (χ2v) is 5.67. The number of nitrogens with zero attached hydrogens (tertiary/aromatic N) is 2. The Hall–Kier alpha value is -1.28. The maximum atomic E-state index is 10.7. The van der Waals surface area contributed by atoms with Crippen LogP contribution in [0, 0.1) is 11.3 Å². The highest BCUT2D eigenvalue weighted by Crippen LogP contribution is 2.43. The van der Waals surface area contributed by atoms with E-state index in [0.29, 0.717) is 12.1 Å². The highest BCUT2D eigenvalue weighted by Gasteiger charge is 2.36. The van der Waals surface area contributed by atoms with Crippen LogP contribution in [0.25, 0.3) is 0 Å². The molecule has 3 nitrogen and oxygen atoms in total. The fourth-order valence-electron chi connectivity index (χ4n) is 2.30. The predicted molar refractivity (Wildman–Crippen MR) is 71.7 cm³/mol. The van der Waals surface area contributed by atoms with Crippen LogP contribution in [-0.2, 0) is 10.2 Å². The van der Waals surface area contributed by atoms with Gasteiger partial charge in [0.05, 0.1) is 5.56 Å². The number of anilines is 1. The van der Waals surface area contributed by atoms with Crippen LogP contribution in [0.5, 0.6) is 0 Å². The van der Waals surface area contributed by atoms with Crippen LogP contribution in [0.3, 0.4) is 0 Å². The molecule has 5 heteroatoms. The van der Waals surface area contributed by atoms with Crippen molar-refractivity contribution in [3.63, 3.8) is 0 Å². The number of halogens is 1. The maximum absolute atomic E-state index is 10.7. The molecule has 0 fully saturated rings. The van der Waals surface area contributed by atoms with E-state index in [2.05, 4.69) is 35.8 Å². The molecule has 0 spiro atoms. The molecule has 1 radical (unpaired) electrons. The van der Waals surface area contributed by atoms with Crippen molar-refractivity contribution in [2.24, 2.45) is 0 Å². The van der Waals surface area contributed by atoms with E-state index in [-0.39, 0.29) is 5.41 Å². The van der Waals surface area contributed by atoms with Crippen LogP contribution in [-0.4, -0.2) is 20.1 Å². The molecule has 2 rings (SSSR count). The van der Waals surface area contributed by atoms with E-state index < -0.39 is 0 Å². The number of fused-ring (bicyclic) bond motifs is 1. The summed E-state index contributed by atoms with van der Waals surface area (Å²) < 4.78 is 0.897. The first-order chi connectivity index (χ1) is 7.99. The van der Waals surface area contributed by atoms with Gasteiger partial charge < -0.3 is 9.61 Å². The van der Waals surface area contributed by atoms with E-state index in [1.807, 2.05) is 10.9 Å². The predicted octanol–water partition coefficient (Wildman–Crippen LogP) is 2.23. The van der Waals surface area contributed by atoms with Gasteiger partial charge in [0, 0.05) is 22.1 Å². The summed E-state index contributed by atoms with van der Waals surface area (Å²) >= 11 is 3.42. The summed E-state index contributed by atoms with van der Waals surface area (Å²) in [7, 11) is 1.49. The summed E-state index contributed by atoms with van der Waals surface area (Å²) in [6, 6.07) is 5.99. The number of rotatable bonds is 2. The SMILES string of the molecule is CC1(C)CN([B]C=O)c2c(C#N)cc(Br)cc21. The topological polar surface area (TPSA) is 44.1 Å². The molecule has 1 heterocycles. The van der Waals surface area contributed by atoms with Crippen molar-refractivity contribution < 1.29 is 4.79 Å². The van der Waals surface area contributed by atoms with E-state index in [4.69, 9.17) is 0 Å². The minimum atomic E-state index is -0.0653. The monoisotopic (exact) mass is 289 g/mol. The Kier molecular flexibility index (Phi) is 3.01. The second-order valence-electron chi connectivity index (χ2n) is 4.76. The third kappa shape index (κ3) is 1.98. The summed E-state index contributed by atoms with van der Waals surface area (Å²) in [5.41, 5.74) is 2.48. The summed E-state index contributed by atoms with van der Waals surface area (Å²) in [4.78, 5) is 12.5. The zero-order valence-corrected chi connectivity index (χ0v) is 11.3. The fraction of sp³-hybridized carbons (Fsp3) is 0.333. The Morgan fingerprint density at radius 3 is 2.88 bits per heavy atom. The molecule has 0 unspecified atom stereocenters. The molecule has 0 saturated heterocycles. The van der Waals surface area contributed by atoms with Crippen molar-refractivity contribution in [3.8, 4) is 6.07 Å². The molecule has 0 atom stereocenters. The van der Waals surface area contributed by atoms with Crippen molar-refractivity contribution >= 4 is 35.2 Å². The Labute approximate surface area is 110 Å². The van der Waals surface area contributed by atoms with Gasteiger partial charge in [0.1, 0.15) is 12.3 Å². The molecule has 0 amide bonds. The standard InChI is InChI=1S/C12H11BBrN2O/c1-12(2)6-16(13-7-17)11-8(5-15)3-9(14)4-10(11)12/h3-4,7H,6H2,1-2H3. The van der Waals surface area contributed by atoms with E-state index in [9.17, 15) is 10.1 Å². The zero-order valence-electron chi connectivity index (χ0n) is 9.70. The third-order valence-corrected chi connectivity index (χ3v) is 3.48. The molecule has 1 aromatic carbocycles. The normalized spacial score (nSPS) is 16.2. The number of hydrogen-bond donors (Lipinski definition) is 0. The number of hydrogen-bond acceptors (Lipinski definition) is 3. The number of nitriles is 1. The largest absolute Gasteiger partial charge is 0.410 e. The van der Waals surface area contributed by atoms with Crippen LogP contribution >= 0.6 is 15.9 Å². The average molecular weight is 290 g/mol. The van der Waals surface area contributed by atoms with Gasteiger partial charge in [-0.15, -0.1) is 0 Å². The fourth-order valence-corrected chi connectivity index (χ4v) is 2.76. The summed E-state index contributed by atoms with van der Waals surface area (Å²) in [5, 5.41) is 9.18. The number of carbonyl (C=O) groups excluding carboxylic acids is 1. The average Bonchev–Trinajstić information content (AvgIpc) is 2.50. The summed E-state index contributed by atoms with van der Waals surface area (Å²) in [5.74, 6) is 0. The van der Waals surface area contributed by atoms with Crippen molar-refractivity contribution in [2.45, 2.75) is 19.3 Å². The molecule has 0 aromatic heterocycles. The van der Waals surface area contributed by atoms with Crippen LogP contribution in [0.1, 0.15) is 25.0 Å². The molecule has 0 bridgehead atoms. The molecule has 17 heavy (non-hydrogen) atoms. The van der Waals surface area contributed by atoms with Gasteiger partial charge in [0.15, 0.2) is 0 Å². The minimum absolute atomic E-state index is 0.0653. The Morgan fingerprint density at radius 1 is 1.59 bits per heavy atom. The van der Waals surface area contributed by atoms with Gasteiger partial charge in [-0.25, -0.2) is 0 Å². The third-order valence-electron chi connectivity index (χ3n) is 3.02. The van der Waals surface area contributed by atoms with Gasteiger partial charge in [-0.2, -0.15) is 5.26 Å². The van der Waals surface area contributed by atoms with Gasteiger partial charge in [0.25, 0.3) is 0 Å². The molecule has 1 aliphatic heterocycles. The van der Waals surface area contributed by atoms with E-state index in [1.165, 1.54) is 7.41 Å². The van der Waals surface area contributed by atoms with Crippen molar-refractivity contribution in [1.82, 2.24) is 0 Å². The van der Waals surface area contributed by atoms with Crippen molar-refractivity contribution in [3.05, 3.63) is 27.7 Å². The minimum Gasteiger partial charge on any atom is -0.410 e. The number of carbonyl (C=O) groups is 1. The van der Waals surface area contributed by atoms with Gasteiger partial charge in [0.2, 0.25) is 0 Å². The molecule has 0 aliphatic carbocycles. The molecular formula is C12H11BBrN2O. The first kappa shape index (κ1) is 12.2. The molecule has 1 aromatic rings. The smallest absolute Gasteiger partial charge is 0.329 e. The highest BCUT2D eigenvalue weighted by atomic mass is 79.9. The van der Waals surface area contributed by atoms with E-state index in [1.54, 1.807) is 6.07 Å². The van der Waals surface area contributed by atoms with Gasteiger partial charge in [-0.05, 0) is 17.7 Å². The lowest BCUT2D eigenvalue weighted by molar-refractivity contribution is 0.565. The Balaban J connectivity index is 2.65. The molecule has 1 aliphatic rings. The first-order valence-electron chi connectivity index (χ1n) is 5.29. The lowest BCUT2D eigenvalue weighted by atomic mass is 9.86. The quantitative estimate of drug-likeness (QED) is 0.619. The molecule has 0 N–H and O–H groups in total. The van der Waals surface area contributed by atoms with Crippen molar-refractivity contribution in [2.75, 3.05) is 11.4 Å². The maximum Gasteiger partial charge on any atom is 0.329 e. The van der Waals surface area contributed by atoms with Crippen LogP contribution in [0.15, 0.2) is 16.6 Å². The lowest BCUT2D eigenvalue weighted by Gasteiger charge is -2.20. The lowest BCUT2D eigenvalue weighted by Crippen LogP contribution is -2.32. The van der Waals surface area contributed by atoms with Crippen LogP contribution < -0.4 is 4.81 Å². The number of benzene rings is 1. The Morgan fingerprint density at radius 2 is 2.29 bits per heavy atom.